The molecule has 0 aromatic heterocycles. The summed E-state index contributed by atoms with van der Waals surface area (Å²) >= 11 is 0. The molecule has 0 spiro atoms. The van der Waals surface area contributed by atoms with E-state index in [0.717, 1.165) is 83.5 Å². The van der Waals surface area contributed by atoms with E-state index in [1.807, 2.05) is 26.0 Å². The highest BCUT2D eigenvalue weighted by atomic mass is 16.5. The van der Waals surface area contributed by atoms with Gasteiger partial charge in [-0.05, 0) is 85.5 Å². The van der Waals surface area contributed by atoms with Gasteiger partial charge in [-0.2, -0.15) is 0 Å². The van der Waals surface area contributed by atoms with Gasteiger partial charge < -0.3 is 9.84 Å². The van der Waals surface area contributed by atoms with E-state index in [1.165, 1.54) is 0 Å². The van der Waals surface area contributed by atoms with E-state index in [2.05, 4.69) is 0 Å². The minimum absolute atomic E-state index is 0.0589. The van der Waals surface area contributed by atoms with Crippen molar-refractivity contribution in [2.24, 2.45) is 29.1 Å². The Hall–Kier alpha value is -1.98. The Morgan fingerprint density at radius 1 is 0.833 bits per heavy atom. The van der Waals surface area contributed by atoms with Crippen LogP contribution in [-0.2, 0) is 23.9 Å². The third kappa shape index (κ3) is 9.48. The zero-order chi connectivity index (χ0) is 26.8. The van der Waals surface area contributed by atoms with Gasteiger partial charge in [0, 0.05) is 23.7 Å². The lowest BCUT2D eigenvalue weighted by atomic mass is 9.75. The van der Waals surface area contributed by atoms with Crippen LogP contribution in [0.25, 0.3) is 0 Å². The summed E-state index contributed by atoms with van der Waals surface area (Å²) < 4.78 is 5.11. The molecule has 6 nitrogen and oxygen atoms in total. The van der Waals surface area contributed by atoms with E-state index < -0.39 is 17.0 Å². The zero-order valence-electron chi connectivity index (χ0n) is 22.9. The Bertz CT molecular complexity index is 780. The van der Waals surface area contributed by atoms with Gasteiger partial charge in [0.05, 0.1) is 5.41 Å². The highest BCUT2D eigenvalue weighted by molar-refractivity contribution is 5.87. The maximum Gasteiger partial charge on any atom is 0.309 e. The third-order valence-electron chi connectivity index (χ3n) is 8.38. The number of aliphatic carboxylic acids is 1. The molecule has 204 valence electrons. The van der Waals surface area contributed by atoms with Crippen molar-refractivity contribution in [3.63, 3.8) is 0 Å². The van der Waals surface area contributed by atoms with Crippen molar-refractivity contribution in [3.05, 3.63) is 12.2 Å². The first-order valence-electron chi connectivity index (χ1n) is 14.1. The molecule has 0 saturated heterocycles. The predicted octanol–water partition coefficient (Wildman–Crippen LogP) is 6.70. The summed E-state index contributed by atoms with van der Waals surface area (Å²) in [6.45, 7) is 7.83. The number of ketones is 2. The van der Waals surface area contributed by atoms with Gasteiger partial charge in [0.25, 0.3) is 6.47 Å². The second kappa shape index (κ2) is 14.1. The second-order valence-corrected chi connectivity index (χ2v) is 12.3. The average molecular weight is 505 g/mol. The first kappa shape index (κ1) is 30.2. The van der Waals surface area contributed by atoms with Gasteiger partial charge in [-0.3, -0.25) is 19.2 Å². The molecule has 2 aliphatic rings. The molecule has 2 aliphatic carbocycles. The molecule has 6 heteroatoms. The molecule has 2 rings (SSSR count). The van der Waals surface area contributed by atoms with Crippen molar-refractivity contribution in [3.8, 4) is 0 Å². The Kier molecular flexibility index (Phi) is 11.8. The molecule has 4 atom stereocenters. The number of carbonyl (C=O) groups is 4. The van der Waals surface area contributed by atoms with Gasteiger partial charge in [0.2, 0.25) is 0 Å². The summed E-state index contributed by atoms with van der Waals surface area (Å²) in [6, 6.07) is 0. The van der Waals surface area contributed by atoms with E-state index in [-0.39, 0.29) is 23.7 Å². The lowest BCUT2D eigenvalue weighted by molar-refractivity contribution is -0.147. The maximum absolute atomic E-state index is 13.1. The summed E-state index contributed by atoms with van der Waals surface area (Å²) in [7, 11) is 0. The molecule has 1 N–H and O–H groups in total. The zero-order valence-corrected chi connectivity index (χ0v) is 22.9. The number of carbonyl (C=O) groups excluding carboxylic acids is 3. The van der Waals surface area contributed by atoms with Gasteiger partial charge in [-0.25, -0.2) is 0 Å². The fourth-order valence-electron chi connectivity index (χ4n) is 5.76. The van der Waals surface area contributed by atoms with Gasteiger partial charge in [0.1, 0.15) is 17.2 Å². The largest absolute Gasteiger partial charge is 0.481 e. The minimum atomic E-state index is -0.769. The lowest BCUT2D eigenvalue weighted by Crippen LogP contribution is -2.29. The van der Waals surface area contributed by atoms with Crippen LogP contribution in [-0.4, -0.2) is 34.7 Å². The highest BCUT2D eigenvalue weighted by Crippen LogP contribution is 2.34. The van der Waals surface area contributed by atoms with Crippen LogP contribution in [0.2, 0.25) is 0 Å². The Balaban J connectivity index is 1.79. The van der Waals surface area contributed by atoms with Crippen LogP contribution in [0.4, 0.5) is 0 Å². The molecular weight excluding hydrogens is 456 g/mol. The quantitative estimate of drug-likeness (QED) is 0.151. The monoisotopic (exact) mass is 504 g/mol. The van der Waals surface area contributed by atoms with E-state index in [4.69, 9.17) is 4.74 Å². The van der Waals surface area contributed by atoms with E-state index in [9.17, 15) is 24.3 Å². The molecule has 2 saturated carbocycles. The summed E-state index contributed by atoms with van der Waals surface area (Å²) in [5.74, 6) is -0.166. The maximum atomic E-state index is 13.1. The molecule has 4 unspecified atom stereocenters. The van der Waals surface area contributed by atoms with Crippen LogP contribution in [0.5, 0.6) is 0 Å². The van der Waals surface area contributed by atoms with E-state index >= 15 is 0 Å². The topological polar surface area (TPSA) is 97.7 Å². The standard InChI is InChI=1S/C30H48O6/c1-29(2,28(34)35)19-7-5-11-22-13-9-15-24(26(22)32)17-18-25-16-10-14-23(27(25)33)12-6-8-20-30(3,4)36-21-31/h17-18,21-25H,5-16,19-20H2,1-4H3,(H,34,35)/b18-17-. The van der Waals surface area contributed by atoms with Crippen LogP contribution < -0.4 is 0 Å². The first-order chi connectivity index (χ1) is 17.0. The van der Waals surface area contributed by atoms with E-state index in [1.54, 1.807) is 13.8 Å². The Morgan fingerprint density at radius 3 is 1.75 bits per heavy atom. The number of unbranched alkanes of at least 4 members (excludes halogenated alkanes) is 2. The van der Waals surface area contributed by atoms with Gasteiger partial charge in [-0.1, -0.05) is 44.3 Å². The van der Waals surface area contributed by atoms with Crippen molar-refractivity contribution < 1.29 is 29.0 Å². The summed E-state index contributed by atoms with van der Waals surface area (Å²) in [5, 5.41) is 9.27. The second-order valence-electron chi connectivity index (χ2n) is 12.3. The number of allylic oxidation sites excluding steroid dienone is 2. The molecule has 0 aromatic carbocycles. The summed E-state index contributed by atoms with van der Waals surface area (Å²) in [6.07, 6.45) is 16.4. The molecule has 0 aromatic rings. The van der Waals surface area contributed by atoms with Crippen molar-refractivity contribution in [1.29, 1.82) is 0 Å². The SMILES string of the molecule is CC(C)(CCCCC1CCCC(/C=C\C2CCCC(CCCCC(C)(C)C(=O)O)C2=O)C1=O)OC=O. The molecule has 2 fully saturated rings. The molecule has 0 bridgehead atoms. The van der Waals surface area contributed by atoms with Crippen LogP contribution in [0.15, 0.2) is 12.2 Å². The van der Waals surface area contributed by atoms with Crippen molar-refractivity contribution in [1.82, 2.24) is 0 Å². The van der Waals surface area contributed by atoms with Gasteiger partial charge in [-0.15, -0.1) is 0 Å². The highest BCUT2D eigenvalue weighted by Gasteiger charge is 2.32. The van der Waals surface area contributed by atoms with Crippen LogP contribution in [0.3, 0.4) is 0 Å². The fraction of sp³-hybridized carbons (Fsp3) is 0.800. The summed E-state index contributed by atoms with van der Waals surface area (Å²) in [4.78, 5) is 48.0. The third-order valence-corrected chi connectivity index (χ3v) is 8.38. The van der Waals surface area contributed by atoms with Crippen LogP contribution >= 0.6 is 0 Å². The lowest BCUT2D eigenvalue weighted by Gasteiger charge is -2.28. The Labute approximate surface area is 217 Å². The number of hydrogen-bond donors (Lipinski definition) is 1. The molecular formula is C30H48O6. The number of ether oxygens (including phenoxy) is 1. The first-order valence-corrected chi connectivity index (χ1v) is 14.1. The van der Waals surface area contributed by atoms with Crippen molar-refractivity contribution in [2.75, 3.05) is 0 Å². The Morgan fingerprint density at radius 2 is 1.31 bits per heavy atom. The van der Waals surface area contributed by atoms with Crippen LogP contribution in [0, 0.1) is 29.1 Å². The molecule has 0 aliphatic heterocycles. The molecule has 0 radical (unpaired) electrons. The normalized spacial score (nSPS) is 25.8. The molecule has 36 heavy (non-hydrogen) atoms. The number of Topliss-reactive ketones (excluding diaryl/α,β-unsaturated/α-hetero) is 2. The molecule has 0 amide bonds. The molecule has 0 heterocycles. The van der Waals surface area contributed by atoms with Gasteiger partial charge >= 0.3 is 5.97 Å². The fourth-order valence-corrected chi connectivity index (χ4v) is 5.76. The minimum Gasteiger partial charge on any atom is -0.481 e. The van der Waals surface area contributed by atoms with Gasteiger partial charge in [0.15, 0.2) is 0 Å². The number of hydrogen-bond acceptors (Lipinski definition) is 5. The number of carboxylic acid groups (broad SMARTS) is 1. The van der Waals surface area contributed by atoms with E-state index in [0.29, 0.717) is 24.5 Å². The summed E-state index contributed by atoms with van der Waals surface area (Å²) in [5.41, 5.74) is -1.17. The smallest absolute Gasteiger partial charge is 0.309 e. The van der Waals surface area contributed by atoms with Crippen LogP contribution in [0.1, 0.15) is 118 Å². The predicted molar refractivity (Wildman–Crippen MR) is 140 cm³/mol. The van der Waals surface area contributed by atoms with Crippen molar-refractivity contribution in [2.45, 2.75) is 123 Å². The average Bonchev–Trinajstić information content (AvgIpc) is 2.81. The number of carboxylic acids is 1. The van der Waals surface area contributed by atoms with Crippen molar-refractivity contribution >= 4 is 24.0 Å². The number of rotatable bonds is 15.